The molecule has 3 N–H and O–H groups in total. The summed E-state index contributed by atoms with van der Waals surface area (Å²) in [6.07, 6.45) is 2.92. The lowest BCUT2D eigenvalue weighted by Gasteiger charge is -2.21. The Hall–Kier alpha value is -2.91. The Bertz CT molecular complexity index is 842. The van der Waals surface area contributed by atoms with Gasteiger partial charge in [-0.25, -0.2) is 9.97 Å². The number of nitrogens with two attached hydrogens (primary N) is 1. The Balaban J connectivity index is 1.80. The van der Waals surface area contributed by atoms with Gasteiger partial charge in [0, 0.05) is 12.4 Å². The summed E-state index contributed by atoms with van der Waals surface area (Å²) in [5.41, 5.74) is 4.29. The molecule has 150 valence electrons. The fourth-order valence-electron chi connectivity index (χ4n) is 3.40. The quantitative estimate of drug-likeness (QED) is 0.784. The van der Waals surface area contributed by atoms with E-state index in [2.05, 4.69) is 15.3 Å². The highest BCUT2D eigenvalue weighted by atomic mass is 19.4. The van der Waals surface area contributed by atoms with Crippen LogP contribution in [0.4, 0.5) is 19.0 Å². The van der Waals surface area contributed by atoms with Crippen LogP contribution >= 0.6 is 0 Å². The smallest absolute Gasteiger partial charge is 0.366 e. The number of alkyl halides is 3. The third-order valence-corrected chi connectivity index (χ3v) is 4.89. The summed E-state index contributed by atoms with van der Waals surface area (Å²) in [5.74, 6) is -0.694. The number of anilines is 1. The average molecular weight is 395 g/mol. The maximum atomic E-state index is 12.9. The summed E-state index contributed by atoms with van der Waals surface area (Å²) < 4.78 is 39.9. The van der Waals surface area contributed by atoms with E-state index >= 15 is 0 Å². The number of nitrogens with one attached hydrogen (secondary N) is 1. The van der Waals surface area contributed by atoms with Crippen molar-refractivity contribution < 1.29 is 22.8 Å². The van der Waals surface area contributed by atoms with Crippen LogP contribution in [0.2, 0.25) is 0 Å². The zero-order valence-corrected chi connectivity index (χ0v) is 14.9. The van der Waals surface area contributed by atoms with Gasteiger partial charge in [-0.15, -0.1) is 0 Å². The minimum atomic E-state index is -4.58. The lowest BCUT2D eigenvalue weighted by molar-refractivity contribution is -0.141. The van der Waals surface area contributed by atoms with Crippen LogP contribution in [0.25, 0.3) is 0 Å². The molecule has 7 nitrogen and oxygen atoms in total. The summed E-state index contributed by atoms with van der Waals surface area (Å²) >= 11 is 0. The Kier molecular flexibility index (Phi) is 5.66. The van der Waals surface area contributed by atoms with E-state index in [4.69, 9.17) is 5.73 Å². The minimum Gasteiger partial charge on any atom is -0.366 e. The third kappa shape index (κ3) is 4.68. The molecule has 3 rings (SSSR count). The first-order chi connectivity index (χ1) is 13.2. The molecule has 1 fully saturated rings. The van der Waals surface area contributed by atoms with Crippen LogP contribution in [0.1, 0.15) is 54.2 Å². The number of halogens is 3. The summed E-state index contributed by atoms with van der Waals surface area (Å²) in [7, 11) is 0. The molecular formula is C18H20F3N5O2. The molecule has 1 saturated carbocycles. The van der Waals surface area contributed by atoms with Crippen LogP contribution in [-0.4, -0.2) is 26.3 Å². The maximum Gasteiger partial charge on any atom is 0.434 e. The molecule has 1 atom stereocenters. The number of imidazole rings is 1. The van der Waals surface area contributed by atoms with E-state index in [0.717, 1.165) is 38.2 Å². The fraction of sp³-hybridized carbons (Fsp3) is 0.444. The Morgan fingerprint density at radius 1 is 1.25 bits per heavy atom. The van der Waals surface area contributed by atoms with Crippen molar-refractivity contribution in [1.82, 2.24) is 14.5 Å². The van der Waals surface area contributed by atoms with Gasteiger partial charge in [0.2, 0.25) is 11.8 Å². The summed E-state index contributed by atoms with van der Waals surface area (Å²) in [6.45, 7) is 0. The second-order valence-corrected chi connectivity index (χ2v) is 6.89. The molecule has 0 aliphatic heterocycles. The van der Waals surface area contributed by atoms with Gasteiger partial charge in [-0.3, -0.25) is 9.59 Å². The second-order valence-electron chi connectivity index (χ2n) is 6.89. The number of aromatic nitrogens is 3. The molecule has 0 saturated heterocycles. The van der Waals surface area contributed by atoms with E-state index in [1.807, 2.05) is 0 Å². The van der Waals surface area contributed by atoms with Gasteiger partial charge in [-0.05, 0) is 24.5 Å². The van der Waals surface area contributed by atoms with E-state index in [0.29, 0.717) is 6.42 Å². The number of hydrogen-bond acceptors (Lipinski definition) is 4. The highest BCUT2D eigenvalue weighted by molar-refractivity contribution is 5.94. The predicted molar refractivity (Wildman–Crippen MR) is 94.2 cm³/mol. The molecule has 2 aromatic rings. The first kappa shape index (κ1) is 19.8. The van der Waals surface area contributed by atoms with Gasteiger partial charge in [0.15, 0.2) is 5.69 Å². The third-order valence-electron chi connectivity index (χ3n) is 4.89. The van der Waals surface area contributed by atoms with Gasteiger partial charge in [-0.1, -0.05) is 25.7 Å². The van der Waals surface area contributed by atoms with Crippen molar-refractivity contribution in [2.75, 3.05) is 5.32 Å². The van der Waals surface area contributed by atoms with Gasteiger partial charge in [-0.2, -0.15) is 13.2 Å². The zero-order valence-electron chi connectivity index (χ0n) is 14.9. The molecule has 0 aromatic carbocycles. The molecule has 0 radical (unpaired) electrons. The molecule has 28 heavy (non-hydrogen) atoms. The van der Waals surface area contributed by atoms with Crippen LogP contribution in [0.5, 0.6) is 0 Å². The van der Waals surface area contributed by atoms with E-state index in [1.54, 1.807) is 0 Å². The number of rotatable bonds is 6. The van der Waals surface area contributed by atoms with Crippen molar-refractivity contribution in [3.05, 3.63) is 42.1 Å². The Morgan fingerprint density at radius 2 is 1.96 bits per heavy atom. The second kappa shape index (κ2) is 7.99. The van der Waals surface area contributed by atoms with Gasteiger partial charge >= 0.3 is 6.18 Å². The number of carbonyl (C=O) groups is 2. The van der Waals surface area contributed by atoms with Crippen LogP contribution in [0.3, 0.4) is 0 Å². The van der Waals surface area contributed by atoms with Gasteiger partial charge in [0.25, 0.3) is 0 Å². The lowest BCUT2D eigenvalue weighted by atomic mass is 9.97. The molecule has 1 aliphatic carbocycles. The highest BCUT2D eigenvalue weighted by Gasteiger charge is 2.35. The molecule has 10 heteroatoms. The summed E-state index contributed by atoms with van der Waals surface area (Å²) in [6, 6.07) is 1.99. The largest absolute Gasteiger partial charge is 0.434 e. The van der Waals surface area contributed by atoms with Gasteiger partial charge in [0.1, 0.15) is 11.9 Å². The number of primary amides is 1. The van der Waals surface area contributed by atoms with Crippen molar-refractivity contribution in [2.45, 2.75) is 44.3 Å². The van der Waals surface area contributed by atoms with Crippen molar-refractivity contribution in [3.63, 3.8) is 0 Å². The molecular weight excluding hydrogens is 375 g/mol. The lowest BCUT2D eigenvalue weighted by Crippen LogP contribution is -2.27. The molecule has 2 heterocycles. The molecule has 0 spiro atoms. The van der Waals surface area contributed by atoms with E-state index < -0.39 is 29.7 Å². The SMILES string of the molecule is NC(=O)c1ccc(NC(=O)[C@H](CC2CCCC2)n2cnc(C(F)(F)F)c2)nc1. The van der Waals surface area contributed by atoms with Crippen molar-refractivity contribution in [1.29, 1.82) is 0 Å². The molecule has 0 bridgehead atoms. The predicted octanol–water partition coefficient (Wildman–Crippen LogP) is 3.16. The topological polar surface area (TPSA) is 103 Å². The van der Waals surface area contributed by atoms with Crippen molar-refractivity contribution >= 4 is 17.6 Å². The fourth-order valence-corrected chi connectivity index (χ4v) is 3.40. The van der Waals surface area contributed by atoms with Gasteiger partial charge in [0.05, 0.1) is 11.9 Å². The minimum absolute atomic E-state index is 0.183. The molecule has 2 aromatic heterocycles. The average Bonchev–Trinajstić information content (AvgIpc) is 3.31. The monoisotopic (exact) mass is 395 g/mol. The van der Waals surface area contributed by atoms with E-state index in [9.17, 15) is 22.8 Å². The van der Waals surface area contributed by atoms with Crippen LogP contribution < -0.4 is 11.1 Å². The van der Waals surface area contributed by atoms with Gasteiger partial charge < -0.3 is 15.6 Å². The van der Waals surface area contributed by atoms with Crippen LogP contribution in [0.15, 0.2) is 30.9 Å². The molecule has 0 unspecified atom stereocenters. The van der Waals surface area contributed by atoms with Crippen molar-refractivity contribution in [2.24, 2.45) is 11.7 Å². The maximum absolute atomic E-state index is 12.9. The number of pyridine rings is 1. The zero-order chi connectivity index (χ0) is 20.3. The number of hydrogen-bond donors (Lipinski definition) is 2. The Labute approximate surface area is 159 Å². The standard InChI is InChI=1S/C18H20F3N5O2/c19-18(20,21)14-9-26(10-24-14)13(7-11-3-1-2-4-11)17(28)25-15-6-5-12(8-23-15)16(22)27/h5-6,8-11,13H,1-4,7H2,(H2,22,27)(H,23,25,28)/t13-/m0/s1. The summed E-state index contributed by atoms with van der Waals surface area (Å²) in [5, 5.41) is 2.60. The van der Waals surface area contributed by atoms with Crippen LogP contribution in [-0.2, 0) is 11.0 Å². The van der Waals surface area contributed by atoms with Crippen molar-refractivity contribution in [3.8, 4) is 0 Å². The number of amides is 2. The molecule has 1 aliphatic rings. The normalized spacial score (nSPS) is 16.1. The first-order valence-corrected chi connectivity index (χ1v) is 8.91. The highest BCUT2D eigenvalue weighted by Crippen LogP contribution is 2.34. The van der Waals surface area contributed by atoms with E-state index in [-0.39, 0.29) is 17.3 Å². The molecule has 2 amide bonds. The number of carbonyl (C=O) groups excluding carboxylic acids is 2. The van der Waals surface area contributed by atoms with Crippen LogP contribution in [0, 0.1) is 5.92 Å². The summed E-state index contributed by atoms with van der Waals surface area (Å²) in [4.78, 5) is 31.3. The number of nitrogens with zero attached hydrogens (tertiary/aromatic N) is 3. The Morgan fingerprint density at radius 3 is 2.50 bits per heavy atom. The van der Waals surface area contributed by atoms with E-state index in [1.165, 1.54) is 22.9 Å². The first-order valence-electron chi connectivity index (χ1n) is 8.91.